The minimum atomic E-state index is 0. The zero-order valence-electron chi connectivity index (χ0n) is 10.1. The molecular formula is C12H19Cl2N3O. The molecule has 6 heteroatoms. The van der Waals surface area contributed by atoms with Crippen LogP contribution in [0.4, 0.5) is 5.69 Å². The number of para-hydroxylation sites is 1. The third-order valence-corrected chi connectivity index (χ3v) is 2.63. The molecule has 1 amide bonds. The molecule has 1 saturated heterocycles. The zero-order valence-corrected chi connectivity index (χ0v) is 11.7. The van der Waals surface area contributed by atoms with Crippen LogP contribution in [0.1, 0.15) is 0 Å². The summed E-state index contributed by atoms with van der Waals surface area (Å²) in [5.74, 6) is 0.0631. The van der Waals surface area contributed by atoms with Gasteiger partial charge < -0.3 is 10.6 Å². The first kappa shape index (κ1) is 17.2. The third kappa shape index (κ3) is 5.69. The Bertz CT molecular complexity index is 342. The lowest BCUT2D eigenvalue weighted by molar-refractivity contribution is -0.117. The molecule has 0 saturated carbocycles. The molecule has 2 rings (SSSR count). The molecule has 1 aliphatic rings. The number of benzene rings is 1. The number of rotatable bonds is 3. The van der Waals surface area contributed by atoms with Crippen LogP contribution in [0.25, 0.3) is 0 Å². The molecule has 0 radical (unpaired) electrons. The smallest absolute Gasteiger partial charge is 0.238 e. The van der Waals surface area contributed by atoms with E-state index in [4.69, 9.17) is 0 Å². The van der Waals surface area contributed by atoms with E-state index in [0.29, 0.717) is 6.54 Å². The van der Waals surface area contributed by atoms with Gasteiger partial charge in [0.1, 0.15) is 0 Å². The van der Waals surface area contributed by atoms with Crippen molar-refractivity contribution < 1.29 is 4.79 Å². The number of hydrogen-bond acceptors (Lipinski definition) is 3. The van der Waals surface area contributed by atoms with Crippen LogP contribution < -0.4 is 10.6 Å². The maximum atomic E-state index is 11.7. The molecule has 1 fully saturated rings. The fraction of sp³-hybridized carbons (Fsp3) is 0.417. The van der Waals surface area contributed by atoms with E-state index in [9.17, 15) is 4.79 Å². The Morgan fingerprint density at radius 1 is 1.17 bits per heavy atom. The monoisotopic (exact) mass is 291 g/mol. The van der Waals surface area contributed by atoms with Crippen LogP contribution in [-0.2, 0) is 4.79 Å². The first-order chi connectivity index (χ1) is 7.84. The fourth-order valence-corrected chi connectivity index (χ4v) is 1.79. The van der Waals surface area contributed by atoms with Crippen LogP contribution in [0, 0.1) is 0 Å². The van der Waals surface area contributed by atoms with Gasteiger partial charge in [-0.3, -0.25) is 9.69 Å². The standard InChI is InChI=1S/C12H17N3O.2ClH/c16-12(10-15-8-6-13-7-9-15)14-11-4-2-1-3-5-11;;/h1-5,13H,6-10H2,(H,14,16);2*1H. The number of hydrogen-bond donors (Lipinski definition) is 2. The predicted octanol–water partition coefficient (Wildman–Crippen LogP) is 1.37. The van der Waals surface area contributed by atoms with Gasteiger partial charge in [-0.2, -0.15) is 0 Å². The van der Waals surface area contributed by atoms with E-state index in [1.165, 1.54) is 0 Å². The van der Waals surface area contributed by atoms with E-state index in [-0.39, 0.29) is 30.7 Å². The van der Waals surface area contributed by atoms with Gasteiger partial charge in [-0.15, -0.1) is 24.8 Å². The zero-order chi connectivity index (χ0) is 11.2. The average molecular weight is 292 g/mol. The third-order valence-electron chi connectivity index (χ3n) is 2.63. The number of nitrogens with zero attached hydrogens (tertiary/aromatic N) is 1. The van der Waals surface area contributed by atoms with Crippen molar-refractivity contribution in [3.63, 3.8) is 0 Å². The van der Waals surface area contributed by atoms with E-state index < -0.39 is 0 Å². The van der Waals surface area contributed by atoms with Crippen LogP contribution >= 0.6 is 24.8 Å². The summed E-state index contributed by atoms with van der Waals surface area (Å²) in [5.41, 5.74) is 0.864. The SMILES string of the molecule is Cl.Cl.O=C(CN1CCNCC1)Nc1ccccc1. The highest BCUT2D eigenvalue weighted by molar-refractivity contribution is 5.92. The van der Waals surface area contributed by atoms with Crippen LogP contribution in [0.3, 0.4) is 0 Å². The van der Waals surface area contributed by atoms with Crippen molar-refractivity contribution in [1.29, 1.82) is 0 Å². The van der Waals surface area contributed by atoms with Gasteiger partial charge in [0.25, 0.3) is 0 Å². The largest absolute Gasteiger partial charge is 0.325 e. The molecule has 2 N–H and O–H groups in total. The maximum absolute atomic E-state index is 11.7. The normalized spacial score (nSPS) is 15.1. The highest BCUT2D eigenvalue weighted by atomic mass is 35.5. The van der Waals surface area contributed by atoms with E-state index in [2.05, 4.69) is 15.5 Å². The molecule has 0 spiro atoms. The first-order valence-electron chi connectivity index (χ1n) is 5.62. The van der Waals surface area contributed by atoms with Crippen molar-refractivity contribution in [3.05, 3.63) is 30.3 Å². The molecule has 102 valence electrons. The van der Waals surface area contributed by atoms with Crippen molar-refractivity contribution >= 4 is 36.4 Å². The van der Waals surface area contributed by atoms with Gasteiger partial charge in [0, 0.05) is 31.9 Å². The summed E-state index contributed by atoms with van der Waals surface area (Å²) in [6, 6.07) is 9.57. The summed E-state index contributed by atoms with van der Waals surface area (Å²) in [5, 5.41) is 6.15. The summed E-state index contributed by atoms with van der Waals surface area (Å²) in [6.45, 7) is 4.32. The van der Waals surface area contributed by atoms with Crippen molar-refractivity contribution in [2.75, 3.05) is 38.0 Å². The highest BCUT2D eigenvalue weighted by Crippen LogP contribution is 2.04. The summed E-state index contributed by atoms with van der Waals surface area (Å²) in [6.07, 6.45) is 0. The summed E-state index contributed by atoms with van der Waals surface area (Å²) in [7, 11) is 0. The summed E-state index contributed by atoms with van der Waals surface area (Å²) >= 11 is 0. The molecule has 1 heterocycles. The quantitative estimate of drug-likeness (QED) is 0.884. The van der Waals surface area contributed by atoms with E-state index in [1.807, 2.05) is 30.3 Å². The molecule has 1 aromatic rings. The number of carbonyl (C=O) groups excluding carboxylic acids is 1. The van der Waals surface area contributed by atoms with Crippen LogP contribution in [0.5, 0.6) is 0 Å². The Hall–Kier alpha value is -0.810. The van der Waals surface area contributed by atoms with E-state index >= 15 is 0 Å². The second kappa shape index (κ2) is 9.16. The van der Waals surface area contributed by atoms with Crippen molar-refractivity contribution in [2.45, 2.75) is 0 Å². The van der Waals surface area contributed by atoms with Crippen LogP contribution in [0.15, 0.2) is 30.3 Å². The minimum absolute atomic E-state index is 0. The number of piperazine rings is 1. The molecule has 4 nitrogen and oxygen atoms in total. The molecule has 18 heavy (non-hydrogen) atoms. The molecule has 1 aliphatic heterocycles. The predicted molar refractivity (Wildman–Crippen MR) is 78.9 cm³/mol. The number of nitrogens with one attached hydrogen (secondary N) is 2. The van der Waals surface area contributed by atoms with E-state index in [0.717, 1.165) is 31.9 Å². The summed E-state index contributed by atoms with van der Waals surface area (Å²) in [4.78, 5) is 13.9. The van der Waals surface area contributed by atoms with Gasteiger partial charge in [-0.05, 0) is 12.1 Å². The van der Waals surface area contributed by atoms with Gasteiger partial charge in [-0.1, -0.05) is 18.2 Å². The number of carbonyl (C=O) groups is 1. The maximum Gasteiger partial charge on any atom is 0.238 e. The molecule has 0 unspecified atom stereocenters. The lowest BCUT2D eigenvalue weighted by Gasteiger charge is -2.26. The molecular weight excluding hydrogens is 273 g/mol. The Labute approximate surface area is 120 Å². The number of amides is 1. The molecule has 0 bridgehead atoms. The Morgan fingerprint density at radius 2 is 1.78 bits per heavy atom. The van der Waals surface area contributed by atoms with Gasteiger partial charge >= 0.3 is 0 Å². The van der Waals surface area contributed by atoms with Gasteiger partial charge in [0.15, 0.2) is 0 Å². The molecule has 1 aromatic carbocycles. The Balaban J connectivity index is 0.00000144. The van der Waals surface area contributed by atoms with E-state index in [1.54, 1.807) is 0 Å². The van der Waals surface area contributed by atoms with Crippen LogP contribution in [0.2, 0.25) is 0 Å². The van der Waals surface area contributed by atoms with Crippen molar-refractivity contribution in [2.24, 2.45) is 0 Å². The first-order valence-corrected chi connectivity index (χ1v) is 5.62. The van der Waals surface area contributed by atoms with Crippen LogP contribution in [-0.4, -0.2) is 43.5 Å². The lowest BCUT2D eigenvalue weighted by atomic mass is 10.3. The Kier molecular flexibility index (Phi) is 8.75. The second-order valence-electron chi connectivity index (χ2n) is 3.94. The van der Waals surface area contributed by atoms with Gasteiger partial charge in [-0.25, -0.2) is 0 Å². The lowest BCUT2D eigenvalue weighted by Crippen LogP contribution is -2.46. The number of halogens is 2. The van der Waals surface area contributed by atoms with Crippen molar-refractivity contribution in [3.8, 4) is 0 Å². The average Bonchev–Trinajstić information content (AvgIpc) is 2.31. The number of anilines is 1. The Morgan fingerprint density at radius 3 is 2.39 bits per heavy atom. The molecule has 0 atom stereocenters. The topological polar surface area (TPSA) is 44.4 Å². The molecule has 0 aromatic heterocycles. The highest BCUT2D eigenvalue weighted by Gasteiger charge is 2.13. The summed E-state index contributed by atoms with van der Waals surface area (Å²) < 4.78 is 0. The van der Waals surface area contributed by atoms with Gasteiger partial charge in [0.2, 0.25) is 5.91 Å². The minimum Gasteiger partial charge on any atom is -0.325 e. The fourth-order valence-electron chi connectivity index (χ4n) is 1.79. The second-order valence-corrected chi connectivity index (χ2v) is 3.94. The van der Waals surface area contributed by atoms with Crippen molar-refractivity contribution in [1.82, 2.24) is 10.2 Å². The van der Waals surface area contributed by atoms with Gasteiger partial charge in [0.05, 0.1) is 6.54 Å². The molecule has 0 aliphatic carbocycles.